The first kappa shape index (κ1) is 14.9. The molecule has 1 N–H and O–H groups in total. The van der Waals surface area contributed by atoms with Crippen LogP contribution >= 0.6 is 11.7 Å². The Balaban J connectivity index is 2.13. The van der Waals surface area contributed by atoms with E-state index in [0.29, 0.717) is 5.92 Å². The molecule has 1 aliphatic rings. The van der Waals surface area contributed by atoms with Gasteiger partial charge >= 0.3 is 0 Å². The fourth-order valence-corrected chi connectivity index (χ4v) is 4.56. The first-order valence-electron chi connectivity index (χ1n) is 6.72. The van der Waals surface area contributed by atoms with Crippen LogP contribution in [0.4, 0.5) is 0 Å². The average molecular weight is 303 g/mol. The van der Waals surface area contributed by atoms with E-state index in [9.17, 15) is 8.42 Å². The quantitative estimate of drug-likeness (QED) is 0.898. The summed E-state index contributed by atoms with van der Waals surface area (Å²) in [5.74, 6) is 0.331. The molecule has 0 saturated heterocycles. The van der Waals surface area contributed by atoms with Crippen LogP contribution in [0.3, 0.4) is 0 Å². The molecule has 1 saturated carbocycles. The van der Waals surface area contributed by atoms with Gasteiger partial charge in [0.2, 0.25) is 0 Å². The van der Waals surface area contributed by atoms with Crippen LogP contribution in [0.15, 0.2) is 6.20 Å². The Kier molecular flexibility index (Phi) is 4.92. The van der Waals surface area contributed by atoms with E-state index >= 15 is 0 Å². The van der Waals surface area contributed by atoms with Crippen molar-refractivity contribution < 1.29 is 8.42 Å². The van der Waals surface area contributed by atoms with Crippen LogP contribution in [-0.4, -0.2) is 35.2 Å². The molecule has 1 aromatic heterocycles. The predicted molar refractivity (Wildman–Crippen MR) is 76.9 cm³/mol. The molecular weight excluding hydrogens is 282 g/mol. The topological polar surface area (TPSA) is 72.0 Å². The zero-order valence-corrected chi connectivity index (χ0v) is 13.0. The van der Waals surface area contributed by atoms with Gasteiger partial charge in [-0.05, 0) is 31.7 Å². The SMILES string of the molecule is CCNC(c1cnsn1)C1CCCC(S(C)(=O)=O)C1. The molecule has 0 radical (unpaired) electrons. The van der Waals surface area contributed by atoms with E-state index in [1.54, 1.807) is 6.20 Å². The Morgan fingerprint density at radius 1 is 1.53 bits per heavy atom. The minimum Gasteiger partial charge on any atom is -0.309 e. The molecule has 1 aliphatic carbocycles. The Labute approximate surface area is 119 Å². The monoisotopic (exact) mass is 303 g/mol. The van der Waals surface area contributed by atoms with Crippen molar-refractivity contribution >= 4 is 21.6 Å². The van der Waals surface area contributed by atoms with Crippen molar-refractivity contribution in [3.63, 3.8) is 0 Å². The summed E-state index contributed by atoms with van der Waals surface area (Å²) in [4.78, 5) is 0. The standard InChI is InChI=1S/C12H21N3O2S2/c1-3-13-12(11-8-14-18-15-11)9-5-4-6-10(7-9)19(2,16)17/h8-10,12-13H,3-7H2,1-2H3. The third-order valence-corrected chi connectivity index (χ3v) is 6.00. The zero-order valence-electron chi connectivity index (χ0n) is 11.4. The van der Waals surface area contributed by atoms with Crippen molar-refractivity contribution in [3.8, 4) is 0 Å². The van der Waals surface area contributed by atoms with Crippen LogP contribution in [0, 0.1) is 5.92 Å². The molecule has 1 aromatic rings. The van der Waals surface area contributed by atoms with Gasteiger partial charge in [-0.1, -0.05) is 13.3 Å². The molecular formula is C12H21N3O2S2. The second-order valence-corrected chi connectivity index (χ2v) is 8.13. The fraction of sp³-hybridized carbons (Fsp3) is 0.833. The summed E-state index contributed by atoms with van der Waals surface area (Å²) < 4.78 is 31.9. The van der Waals surface area contributed by atoms with Crippen LogP contribution in [0.25, 0.3) is 0 Å². The highest BCUT2D eigenvalue weighted by molar-refractivity contribution is 7.91. The van der Waals surface area contributed by atoms with E-state index < -0.39 is 9.84 Å². The zero-order chi connectivity index (χ0) is 13.9. The lowest BCUT2D eigenvalue weighted by Crippen LogP contribution is -2.35. The third-order valence-electron chi connectivity index (χ3n) is 3.86. The van der Waals surface area contributed by atoms with Crippen molar-refractivity contribution in [2.24, 2.45) is 5.92 Å². The summed E-state index contributed by atoms with van der Waals surface area (Å²) in [5, 5.41) is 3.24. The average Bonchev–Trinajstić information content (AvgIpc) is 2.88. The molecule has 5 nitrogen and oxygen atoms in total. The maximum atomic E-state index is 11.8. The van der Waals surface area contributed by atoms with Gasteiger partial charge < -0.3 is 5.32 Å². The number of nitrogens with one attached hydrogen (secondary N) is 1. The minimum absolute atomic E-state index is 0.133. The van der Waals surface area contributed by atoms with Crippen molar-refractivity contribution in [1.29, 1.82) is 0 Å². The smallest absolute Gasteiger partial charge is 0.150 e. The van der Waals surface area contributed by atoms with E-state index in [-0.39, 0.29) is 11.3 Å². The predicted octanol–water partition coefficient (Wildman–Crippen LogP) is 1.79. The molecule has 3 atom stereocenters. The number of aromatic nitrogens is 2. The van der Waals surface area contributed by atoms with Gasteiger partial charge in [-0.3, -0.25) is 0 Å². The van der Waals surface area contributed by atoms with Crippen LogP contribution in [-0.2, 0) is 9.84 Å². The van der Waals surface area contributed by atoms with E-state index in [0.717, 1.165) is 37.9 Å². The summed E-state index contributed by atoms with van der Waals surface area (Å²) in [5.41, 5.74) is 0.950. The number of hydrogen-bond donors (Lipinski definition) is 1. The molecule has 19 heavy (non-hydrogen) atoms. The highest BCUT2D eigenvalue weighted by Crippen LogP contribution is 2.36. The van der Waals surface area contributed by atoms with Crippen molar-refractivity contribution in [2.75, 3.05) is 12.8 Å². The van der Waals surface area contributed by atoms with Crippen molar-refractivity contribution in [3.05, 3.63) is 11.9 Å². The maximum Gasteiger partial charge on any atom is 0.150 e. The Morgan fingerprint density at radius 2 is 2.32 bits per heavy atom. The van der Waals surface area contributed by atoms with Crippen molar-refractivity contribution in [2.45, 2.75) is 43.9 Å². The fourth-order valence-electron chi connectivity index (χ4n) is 2.91. The van der Waals surface area contributed by atoms with E-state index in [2.05, 4.69) is 21.0 Å². The molecule has 3 unspecified atom stereocenters. The molecule has 0 bridgehead atoms. The Morgan fingerprint density at radius 3 is 2.89 bits per heavy atom. The molecule has 0 spiro atoms. The molecule has 1 heterocycles. The largest absolute Gasteiger partial charge is 0.309 e. The molecule has 2 rings (SSSR count). The summed E-state index contributed by atoms with van der Waals surface area (Å²) in [6, 6.07) is 0.133. The molecule has 1 fully saturated rings. The van der Waals surface area contributed by atoms with Crippen LogP contribution in [0.1, 0.15) is 44.3 Å². The number of sulfone groups is 1. The van der Waals surface area contributed by atoms with Gasteiger partial charge in [0, 0.05) is 6.26 Å². The van der Waals surface area contributed by atoms with Gasteiger partial charge in [0.05, 0.1) is 34.9 Å². The highest BCUT2D eigenvalue weighted by Gasteiger charge is 2.34. The number of hydrogen-bond acceptors (Lipinski definition) is 6. The van der Waals surface area contributed by atoms with Crippen molar-refractivity contribution in [1.82, 2.24) is 14.1 Å². The molecule has 0 amide bonds. The Hall–Kier alpha value is -0.530. The van der Waals surface area contributed by atoms with Gasteiger partial charge in [-0.25, -0.2) is 8.42 Å². The van der Waals surface area contributed by atoms with Gasteiger partial charge in [-0.15, -0.1) is 0 Å². The Bertz CT molecular complexity index is 487. The van der Waals surface area contributed by atoms with Gasteiger partial charge in [0.15, 0.2) is 0 Å². The first-order chi connectivity index (χ1) is 9.02. The second-order valence-electron chi connectivity index (χ2n) is 5.25. The normalized spacial score (nSPS) is 26.2. The maximum absolute atomic E-state index is 11.8. The lowest BCUT2D eigenvalue weighted by atomic mass is 9.82. The summed E-state index contributed by atoms with van der Waals surface area (Å²) in [6.07, 6.45) is 6.70. The van der Waals surface area contributed by atoms with Crippen LogP contribution in [0.5, 0.6) is 0 Å². The molecule has 108 valence electrons. The first-order valence-corrected chi connectivity index (χ1v) is 9.40. The highest BCUT2D eigenvalue weighted by atomic mass is 32.2. The van der Waals surface area contributed by atoms with E-state index in [4.69, 9.17) is 0 Å². The number of nitrogens with zero attached hydrogens (tertiary/aromatic N) is 2. The second kappa shape index (κ2) is 6.28. The van der Waals surface area contributed by atoms with Gasteiger partial charge in [-0.2, -0.15) is 8.75 Å². The third kappa shape index (κ3) is 3.73. The lowest BCUT2D eigenvalue weighted by Gasteiger charge is -2.33. The van der Waals surface area contributed by atoms with Gasteiger partial charge in [0.25, 0.3) is 0 Å². The molecule has 7 heteroatoms. The lowest BCUT2D eigenvalue weighted by molar-refractivity contribution is 0.272. The summed E-state index contributed by atoms with van der Waals surface area (Å²) in [7, 11) is -2.94. The minimum atomic E-state index is -2.94. The summed E-state index contributed by atoms with van der Waals surface area (Å²) in [6.45, 7) is 2.91. The van der Waals surface area contributed by atoms with E-state index in [1.807, 2.05) is 0 Å². The van der Waals surface area contributed by atoms with Crippen LogP contribution in [0.2, 0.25) is 0 Å². The molecule has 0 aromatic carbocycles. The van der Waals surface area contributed by atoms with E-state index in [1.165, 1.54) is 18.0 Å². The number of rotatable bonds is 5. The van der Waals surface area contributed by atoms with Gasteiger partial charge in [0.1, 0.15) is 9.84 Å². The summed E-state index contributed by atoms with van der Waals surface area (Å²) >= 11 is 1.21. The van der Waals surface area contributed by atoms with Crippen LogP contribution < -0.4 is 5.32 Å². The molecule has 0 aliphatic heterocycles.